The molecule has 0 spiro atoms. The molecule has 0 aliphatic carbocycles. The van der Waals surface area contributed by atoms with Crippen LogP contribution in [0.25, 0.3) is 27.7 Å². The number of fused-ring (bicyclic) bond motifs is 1. The lowest BCUT2D eigenvalue weighted by atomic mass is 10.1. The van der Waals surface area contributed by atoms with Gasteiger partial charge in [0, 0.05) is 29.9 Å². The molecule has 1 aliphatic heterocycles. The van der Waals surface area contributed by atoms with Crippen LogP contribution in [0.1, 0.15) is 26.7 Å². The molecule has 1 fully saturated rings. The average molecular weight is 479 g/mol. The van der Waals surface area contributed by atoms with Crippen molar-refractivity contribution in [2.45, 2.75) is 39.3 Å². The van der Waals surface area contributed by atoms with Crippen molar-refractivity contribution in [3.63, 3.8) is 0 Å². The second kappa shape index (κ2) is 10.5. The predicted molar refractivity (Wildman–Crippen MR) is 139 cm³/mol. The minimum absolute atomic E-state index is 0. The fourth-order valence-electron chi connectivity index (χ4n) is 4.51. The van der Waals surface area contributed by atoms with E-state index in [0.717, 1.165) is 46.6 Å². The van der Waals surface area contributed by atoms with Crippen LogP contribution in [0.5, 0.6) is 5.75 Å². The first-order chi connectivity index (χ1) is 16.1. The number of likely N-dealkylation sites (tertiary alicyclic amines) is 1. The van der Waals surface area contributed by atoms with Gasteiger partial charge in [-0.1, -0.05) is 12.1 Å². The molecule has 5 rings (SSSR count). The molecule has 178 valence electrons. The quantitative estimate of drug-likeness (QED) is 0.368. The van der Waals surface area contributed by atoms with Gasteiger partial charge in [-0.25, -0.2) is 0 Å². The Hall–Kier alpha value is -3.09. The van der Waals surface area contributed by atoms with E-state index in [1.54, 1.807) is 10.6 Å². The van der Waals surface area contributed by atoms with Crippen molar-refractivity contribution in [3.8, 4) is 22.6 Å². The Labute approximate surface area is 206 Å². The van der Waals surface area contributed by atoms with Gasteiger partial charge >= 0.3 is 0 Å². The Morgan fingerprint density at radius 3 is 2.41 bits per heavy atom. The first kappa shape index (κ1) is 24.0. The first-order valence-electron chi connectivity index (χ1n) is 11.7. The molecule has 6 nitrogen and oxygen atoms in total. The predicted octanol–water partition coefficient (Wildman–Crippen LogP) is 5.16. The lowest BCUT2D eigenvalue weighted by Gasteiger charge is -2.14. The topological polar surface area (TPSA) is 52.3 Å². The van der Waals surface area contributed by atoms with Gasteiger partial charge < -0.3 is 9.64 Å². The van der Waals surface area contributed by atoms with Crippen LogP contribution < -0.4 is 10.3 Å². The molecule has 1 aliphatic rings. The van der Waals surface area contributed by atoms with Gasteiger partial charge in [-0.3, -0.25) is 14.0 Å². The van der Waals surface area contributed by atoms with Gasteiger partial charge in [0.05, 0.1) is 24.4 Å². The molecule has 4 aromatic rings. The highest BCUT2D eigenvalue weighted by Crippen LogP contribution is 2.23. The molecule has 3 heterocycles. The number of ether oxygens (including phenoxy) is 1. The van der Waals surface area contributed by atoms with Crippen LogP contribution in [-0.2, 0) is 6.54 Å². The van der Waals surface area contributed by atoms with Crippen LogP contribution in [0.2, 0.25) is 0 Å². The highest BCUT2D eigenvalue weighted by Gasteiger charge is 2.12. The van der Waals surface area contributed by atoms with E-state index >= 15 is 0 Å². The van der Waals surface area contributed by atoms with Gasteiger partial charge in [0.2, 0.25) is 0 Å². The Morgan fingerprint density at radius 2 is 1.71 bits per heavy atom. The summed E-state index contributed by atoms with van der Waals surface area (Å²) in [7, 11) is 0. The van der Waals surface area contributed by atoms with Crippen molar-refractivity contribution in [1.82, 2.24) is 19.2 Å². The summed E-state index contributed by atoms with van der Waals surface area (Å²) >= 11 is 0. The lowest BCUT2D eigenvalue weighted by Crippen LogP contribution is -2.24. The zero-order chi connectivity index (χ0) is 22.8. The minimum atomic E-state index is -0.0595. The Kier molecular flexibility index (Phi) is 7.39. The van der Waals surface area contributed by atoms with Crippen LogP contribution in [0, 0.1) is 0 Å². The summed E-state index contributed by atoms with van der Waals surface area (Å²) in [6.45, 7) is 8.31. The molecule has 0 amide bonds. The van der Waals surface area contributed by atoms with E-state index in [1.807, 2.05) is 68.7 Å². The second-order valence-electron chi connectivity index (χ2n) is 8.97. The van der Waals surface area contributed by atoms with E-state index in [4.69, 9.17) is 4.74 Å². The summed E-state index contributed by atoms with van der Waals surface area (Å²) in [6.07, 6.45) is 6.47. The number of rotatable bonds is 7. The van der Waals surface area contributed by atoms with Crippen molar-refractivity contribution >= 4 is 23.3 Å². The van der Waals surface area contributed by atoms with Gasteiger partial charge in [0.15, 0.2) is 0 Å². The SMILES string of the molecule is CC(C)Oc1ccc(-c2ccn(-c3ccc4c(cnn4CCN4CCCC4)c3)c(=O)c2)cc1.Cl. The summed E-state index contributed by atoms with van der Waals surface area (Å²) in [5.41, 5.74) is 3.77. The summed E-state index contributed by atoms with van der Waals surface area (Å²) in [5, 5.41) is 5.63. The molecule has 7 heteroatoms. The van der Waals surface area contributed by atoms with Crippen LogP contribution in [0.4, 0.5) is 0 Å². The van der Waals surface area contributed by atoms with Gasteiger partial charge in [-0.2, -0.15) is 5.10 Å². The van der Waals surface area contributed by atoms with Crippen molar-refractivity contribution in [3.05, 3.63) is 77.3 Å². The van der Waals surface area contributed by atoms with Gasteiger partial charge in [-0.15, -0.1) is 12.4 Å². The highest BCUT2D eigenvalue weighted by atomic mass is 35.5. The third-order valence-corrected chi connectivity index (χ3v) is 6.21. The average Bonchev–Trinajstić information content (AvgIpc) is 3.47. The van der Waals surface area contributed by atoms with E-state index in [-0.39, 0.29) is 24.1 Å². The standard InChI is InChI=1S/C27H30N4O2.ClH/c1-20(2)33-25-8-5-21(6-9-25)22-11-14-30(27(32)18-22)24-7-10-26-23(17-24)19-28-31(26)16-15-29-12-3-4-13-29;/h5-11,14,17-20H,3-4,12-13,15-16H2,1-2H3;1H. The number of nitrogens with zero attached hydrogens (tertiary/aromatic N) is 4. The number of halogens is 1. The van der Waals surface area contributed by atoms with Crippen LogP contribution in [-0.4, -0.2) is 45.0 Å². The zero-order valence-corrected chi connectivity index (χ0v) is 20.5. The van der Waals surface area contributed by atoms with Crippen molar-refractivity contribution in [2.24, 2.45) is 0 Å². The van der Waals surface area contributed by atoms with Gasteiger partial charge in [0.25, 0.3) is 5.56 Å². The molecule has 0 radical (unpaired) electrons. The third kappa shape index (κ3) is 5.18. The summed E-state index contributed by atoms with van der Waals surface area (Å²) in [6, 6.07) is 17.6. The fourth-order valence-corrected chi connectivity index (χ4v) is 4.51. The van der Waals surface area contributed by atoms with E-state index in [9.17, 15) is 4.79 Å². The van der Waals surface area contributed by atoms with Crippen molar-refractivity contribution < 1.29 is 4.74 Å². The molecule has 2 aromatic heterocycles. The maximum atomic E-state index is 12.9. The smallest absolute Gasteiger partial charge is 0.255 e. The summed E-state index contributed by atoms with van der Waals surface area (Å²) < 4.78 is 9.46. The molecule has 0 unspecified atom stereocenters. The molecule has 0 N–H and O–H groups in total. The van der Waals surface area contributed by atoms with Crippen LogP contribution in [0.3, 0.4) is 0 Å². The normalized spacial score (nSPS) is 14.0. The molecule has 34 heavy (non-hydrogen) atoms. The number of hydrogen-bond donors (Lipinski definition) is 0. The number of benzene rings is 2. The zero-order valence-electron chi connectivity index (χ0n) is 19.7. The lowest BCUT2D eigenvalue weighted by molar-refractivity contribution is 0.242. The summed E-state index contributed by atoms with van der Waals surface area (Å²) in [4.78, 5) is 15.4. The largest absolute Gasteiger partial charge is 0.491 e. The molecule has 0 saturated carbocycles. The Morgan fingerprint density at radius 1 is 0.941 bits per heavy atom. The number of aromatic nitrogens is 3. The van der Waals surface area contributed by atoms with E-state index in [2.05, 4.69) is 20.7 Å². The van der Waals surface area contributed by atoms with Crippen molar-refractivity contribution in [2.75, 3.05) is 19.6 Å². The van der Waals surface area contributed by atoms with Gasteiger partial charge in [0.1, 0.15) is 5.75 Å². The highest BCUT2D eigenvalue weighted by molar-refractivity contribution is 5.85. The maximum absolute atomic E-state index is 12.9. The van der Waals surface area contributed by atoms with Gasteiger partial charge in [-0.05, 0) is 87.3 Å². The molecule has 0 atom stereocenters. The van der Waals surface area contributed by atoms with Crippen LogP contribution >= 0.6 is 12.4 Å². The fraction of sp³-hybridized carbons (Fsp3) is 0.333. The van der Waals surface area contributed by atoms with Crippen molar-refractivity contribution in [1.29, 1.82) is 0 Å². The van der Waals surface area contributed by atoms with Crippen LogP contribution in [0.15, 0.2) is 71.8 Å². The molecule has 1 saturated heterocycles. The monoisotopic (exact) mass is 478 g/mol. The molecular formula is C27H31ClN4O2. The number of hydrogen-bond acceptors (Lipinski definition) is 4. The Balaban J connectivity index is 0.00000274. The van der Waals surface area contributed by atoms with E-state index < -0.39 is 0 Å². The first-order valence-corrected chi connectivity index (χ1v) is 11.7. The van der Waals surface area contributed by atoms with E-state index in [0.29, 0.717) is 0 Å². The molecule has 2 aromatic carbocycles. The number of pyridine rings is 1. The second-order valence-corrected chi connectivity index (χ2v) is 8.97. The molecule has 0 bridgehead atoms. The maximum Gasteiger partial charge on any atom is 0.255 e. The molecular weight excluding hydrogens is 448 g/mol. The minimum Gasteiger partial charge on any atom is -0.491 e. The Bertz CT molecular complexity index is 1300. The van der Waals surface area contributed by atoms with E-state index in [1.165, 1.54) is 25.9 Å². The third-order valence-electron chi connectivity index (χ3n) is 6.21. The summed E-state index contributed by atoms with van der Waals surface area (Å²) in [5.74, 6) is 0.830.